The van der Waals surface area contributed by atoms with Crippen LogP contribution in [0.4, 0.5) is 0 Å². The minimum absolute atomic E-state index is 0.535. The van der Waals surface area contributed by atoms with Crippen LogP contribution in [0.1, 0.15) is 25.3 Å². The third-order valence-electron chi connectivity index (χ3n) is 3.53. The smallest absolute Gasteiger partial charge is 0.157 e. The fourth-order valence-corrected chi connectivity index (χ4v) is 2.19. The molecule has 1 aromatic carbocycles. The van der Waals surface area contributed by atoms with Crippen molar-refractivity contribution in [3.8, 4) is 5.75 Å². The van der Waals surface area contributed by atoms with Gasteiger partial charge in [0.25, 0.3) is 0 Å². The minimum atomic E-state index is 0.535. The van der Waals surface area contributed by atoms with Crippen LogP contribution in [0.5, 0.6) is 5.75 Å². The molecule has 0 spiro atoms. The molecule has 1 aromatic rings. The van der Waals surface area contributed by atoms with Gasteiger partial charge in [0.05, 0.1) is 14.2 Å². The number of hydrogen-bond acceptors (Lipinski definition) is 3. The summed E-state index contributed by atoms with van der Waals surface area (Å²) in [7, 11) is 3.35. The Morgan fingerprint density at radius 2 is 1.80 bits per heavy atom. The van der Waals surface area contributed by atoms with Crippen LogP contribution in [0, 0.1) is 5.92 Å². The van der Waals surface area contributed by atoms with Crippen molar-refractivity contribution in [3.63, 3.8) is 0 Å². The van der Waals surface area contributed by atoms with Crippen molar-refractivity contribution in [2.45, 2.75) is 26.4 Å². The molecule has 0 amide bonds. The maximum Gasteiger partial charge on any atom is 0.157 e. The molecule has 3 heteroatoms. The van der Waals surface area contributed by atoms with Crippen LogP contribution >= 0.6 is 0 Å². The lowest BCUT2D eigenvalue weighted by molar-refractivity contribution is 0.160. The molecule has 3 nitrogen and oxygen atoms in total. The van der Waals surface area contributed by atoms with Gasteiger partial charge in [-0.25, -0.2) is 0 Å². The first-order valence-corrected chi connectivity index (χ1v) is 6.99. The van der Waals surface area contributed by atoms with Crippen molar-refractivity contribution in [2.75, 3.05) is 14.2 Å². The van der Waals surface area contributed by atoms with E-state index in [-0.39, 0.29) is 0 Å². The minimum Gasteiger partial charge on any atom is -0.497 e. The Kier molecular flexibility index (Phi) is 5.10. The average Bonchev–Trinajstić information content (AvgIpc) is 2.53. The zero-order valence-electron chi connectivity index (χ0n) is 12.4. The van der Waals surface area contributed by atoms with E-state index in [1.807, 2.05) is 24.3 Å². The molecule has 0 bridgehead atoms. The van der Waals surface area contributed by atoms with E-state index in [0.717, 1.165) is 35.7 Å². The lowest BCUT2D eigenvalue weighted by Gasteiger charge is -2.20. The summed E-state index contributed by atoms with van der Waals surface area (Å²) >= 11 is 0. The van der Waals surface area contributed by atoms with Crippen LogP contribution in [0.15, 0.2) is 47.9 Å². The molecule has 1 unspecified atom stereocenters. The predicted octanol–water partition coefficient (Wildman–Crippen LogP) is 4.06. The third kappa shape index (κ3) is 3.56. The van der Waals surface area contributed by atoms with Crippen molar-refractivity contribution < 1.29 is 14.2 Å². The molecule has 0 saturated heterocycles. The quantitative estimate of drug-likeness (QED) is 0.783. The Hall–Kier alpha value is -1.90. The van der Waals surface area contributed by atoms with Crippen LogP contribution in [0.25, 0.3) is 0 Å². The molecule has 0 N–H and O–H groups in total. The molecule has 108 valence electrons. The number of methoxy groups -OCH3 is 2. The van der Waals surface area contributed by atoms with Crippen LogP contribution < -0.4 is 4.74 Å². The molecule has 1 atom stereocenters. The first-order chi connectivity index (χ1) is 9.76. The van der Waals surface area contributed by atoms with E-state index in [2.05, 4.69) is 19.1 Å². The van der Waals surface area contributed by atoms with Gasteiger partial charge in [0.1, 0.15) is 12.4 Å². The van der Waals surface area contributed by atoms with E-state index < -0.39 is 0 Å². The largest absolute Gasteiger partial charge is 0.497 e. The van der Waals surface area contributed by atoms with E-state index in [4.69, 9.17) is 14.2 Å². The predicted molar refractivity (Wildman–Crippen MR) is 79.4 cm³/mol. The van der Waals surface area contributed by atoms with Gasteiger partial charge in [-0.05, 0) is 48.6 Å². The fourth-order valence-electron chi connectivity index (χ4n) is 2.19. The van der Waals surface area contributed by atoms with Crippen molar-refractivity contribution >= 4 is 0 Å². The van der Waals surface area contributed by atoms with Gasteiger partial charge in [-0.1, -0.05) is 19.1 Å². The lowest BCUT2D eigenvalue weighted by Crippen LogP contribution is -2.08. The second-order valence-corrected chi connectivity index (χ2v) is 4.84. The summed E-state index contributed by atoms with van der Waals surface area (Å²) < 4.78 is 16.4. The van der Waals surface area contributed by atoms with Gasteiger partial charge in [0.15, 0.2) is 11.5 Å². The number of benzene rings is 1. The van der Waals surface area contributed by atoms with Gasteiger partial charge >= 0.3 is 0 Å². The van der Waals surface area contributed by atoms with Crippen molar-refractivity contribution in [3.05, 3.63) is 53.5 Å². The first kappa shape index (κ1) is 14.5. The van der Waals surface area contributed by atoms with Gasteiger partial charge in [0, 0.05) is 0 Å². The molecule has 1 aliphatic carbocycles. The highest BCUT2D eigenvalue weighted by molar-refractivity contribution is 5.28. The monoisotopic (exact) mass is 274 g/mol. The Morgan fingerprint density at radius 1 is 1.05 bits per heavy atom. The second-order valence-electron chi connectivity index (χ2n) is 4.84. The van der Waals surface area contributed by atoms with Gasteiger partial charge in [-0.15, -0.1) is 0 Å². The summed E-state index contributed by atoms with van der Waals surface area (Å²) in [5, 5.41) is 0. The van der Waals surface area contributed by atoms with Crippen molar-refractivity contribution in [2.24, 2.45) is 5.92 Å². The van der Waals surface area contributed by atoms with Gasteiger partial charge in [-0.2, -0.15) is 0 Å². The van der Waals surface area contributed by atoms with Gasteiger partial charge in [0.2, 0.25) is 0 Å². The number of ether oxygens (including phenoxy) is 3. The molecule has 20 heavy (non-hydrogen) atoms. The Bertz CT molecular complexity index is 485. The number of allylic oxidation sites excluding steroid dienone is 2. The highest BCUT2D eigenvalue weighted by Crippen LogP contribution is 2.27. The Morgan fingerprint density at radius 3 is 2.40 bits per heavy atom. The first-order valence-electron chi connectivity index (χ1n) is 6.99. The summed E-state index contributed by atoms with van der Waals surface area (Å²) in [5.41, 5.74) is 1.11. The van der Waals surface area contributed by atoms with Gasteiger partial charge < -0.3 is 14.2 Å². The van der Waals surface area contributed by atoms with E-state index in [0.29, 0.717) is 12.5 Å². The normalized spacial score (nSPS) is 18.1. The molecule has 0 radical (unpaired) electrons. The molecule has 0 heterocycles. The maximum atomic E-state index is 5.87. The second kappa shape index (κ2) is 7.04. The maximum absolute atomic E-state index is 5.87. The standard InChI is InChI=1S/C17H22O3/c1-4-13-7-10-16(17(11-13)19-3)20-12-14-5-8-15(18-2)9-6-14/h5-6,8-11,13H,4,7,12H2,1-3H3. The summed E-state index contributed by atoms with van der Waals surface area (Å²) in [5.74, 6) is 3.09. The summed E-state index contributed by atoms with van der Waals surface area (Å²) in [6.45, 7) is 2.72. The van der Waals surface area contributed by atoms with Crippen molar-refractivity contribution in [1.29, 1.82) is 0 Å². The number of hydrogen-bond donors (Lipinski definition) is 0. The molecule has 1 aliphatic rings. The highest BCUT2D eigenvalue weighted by Gasteiger charge is 2.16. The molecule has 2 rings (SSSR count). The average molecular weight is 274 g/mol. The van der Waals surface area contributed by atoms with E-state index in [1.54, 1.807) is 14.2 Å². The summed E-state index contributed by atoms with van der Waals surface area (Å²) in [4.78, 5) is 0. The summed E-state index contributed by atoms with van der Waals surface area (Å²) in [6, 6.07) is 7.89. The molecule has 0 aliphatic heterocycles. The zero-order chi connectivity index (χ0) is 14.4. The van der Waals surface area contributed by atoms with E-state index in [9.17, 15) is 0 Å². The highest BCUT2D eigenvalue weighted by atomic mass is 16.5. The molecular weight excluding hydrogens is 252 g/mol. The molecule has 0 aromatic heterocycles. The summed E-state index contributed by atoms with van der Waals surface area (Å²) in [6.07, 6.45) is 6.41. The van der Waals surface area contributed by atoms with E-state index >= 15 is 0 Å². The zero-order valence-corrected chi connectivity index (χ0v) is 12.4. The Balaban J connectivity index is 1.96. The third-order valence-corrected chi connectivity index (χ3v) is 3.53. The fraction of sp³-hybridized carbons (Fsp3) is 0.412. The van der Waals surface area contributed by atoms with Crippen LogP contribution in [0.3, 0.4) is 0 Å². The van der Waals surface area contributed by atoms with Gasteiger partial charge in [-0.3, -0.25) is 0 Å². The lowest BCUT2D eigenvalue weighted by atomic mass is 9.96. The van der Waals surface area contributed by atoms with Crippen LogP contribution in [-0.2, 0) is 16.1 Å². The molecule has 0 saturated carbocycles. The topological polar surface area (TPSA) is 27.7 Å². The van der Waals surface area contributed by atoms with Crippen LogP contribution in [0.2, 0.25) is 0 Å². The molecular formula is C17H22O3. The number of rotatable bonds is 6. The van der Waals surface area contributed by atoms with Crippen LogP contribution in [-0.4, -0.2) is 14.2 Å². The SMILES string of the molecule is CCC1C=C(OC)C(OCc2ccc(OC)cc2)=CC1. The Labute approximate surface area is 120 Å². The van der Waals surface area contributed by atoms with E-state index in [1.165, 1.54) is 0 Å². The molecule has 0 fully saturated rings. The van der Waals surface area contributed by atoms with Crippen molar-refractivity contribution in [1.82, 2.24) is 0 Å².